The molecule has 0 amide bonds. The largest absolute Gasteiger partial charge is 0.377 e. The van der Waals surface area contributed by atoms with Crippen LogP contribution in [0.25, 0.3) is 11.2 Å². The summed E-state index contributed by atoms with van der Waals surface area (Å²) < 4.78 is 11.1. The molecule has 4 heterocycles. The lowest BCUT2D eigenvalue weighted by Crippen LogP contribution is -2.46. The molecule has 124 valence electrons. The summed E-state index contributed by atoms with van der Waals surface area (Å²) in [6.07, 6.45) is 1.68. The van der Waals surface area contributed by atoms with E-state index in [0.717, 1.165) is 30.4 Å². The number of aromatic nitrogens is 4. The maximum atomic E-state index is 5.55. The van der Waals surface area contributed by atoms with Gasteiger partial charge in [0, 0.05) is 13.1 Å². The average molecular weight is 318 g/mol. The number of fused-ring (bicyclic) bond motifs is 1. The lowest BCUT2D eigenvalue weighted by Gasteiger charge is -2.36. The molecular formula is C15H22N6O2. The van der Waals surface area contributed by atoms with Crippen molar-refractivity contribution in [1.82, 2.24) is 19.9 Å². The van der Waals surface area contributed by atoms with E-state index < -0.39 is 0 Å². The molecule has 23 heavy (non-hydrogen) atoms. The molecule has 2 aromatic heterocycles. The van der Waals surface area contributed by atoms with E-state index in [9.17, 15) is 0 Å². The molecule has 2 saturated heterocycles. The van der Waals surface area contributed by atoms with Crippen LogP contribution in [0.2, 0.25) is 0 Å². The fourth-order valence-electron chi connectivity index (χ4n) is 3.21. The predicted molar refractivity (Wildman–Crippen MR) is 86.9 cm³/mol. The molecule has 0 radical (unpaired) electrons. The molecule has 0 unspecified atom stereocenters. The van der Waals surface area contributed by atoms with Crippen molar-refractivity contribution < 1.29 is 9.47 Å². The van der Waals surface area contributed by atoms with Gasteiger partial charge in [-0.1, -0.05) is 0 Å². The summed E-state index contributed by atoms with van der Waals surface area (Å²) in [5, 5.41) is 0. The maximum absolute atomic E-state index is 5.55. The van der Waals surface area contributed by atoms with Crippen LogP contribution >= 0.6 is 0 Å². The number of hydrogen-bond donors (Lipinski definition) is 1. The van der Waals surface area contributed by atoms with Crippen LogP contribution in [-0.4, -0.2) is 71.5 Å². The summed E-state index contributed by atoms with van der Waals surface area (Å²) in [5.41, 5.74) is 1.60. The van der Waals surface area contributed by atoms with Crippen LogP contribution in [0.3, 0.4) is 0 Å². The number of anilines is 2. The van der Waals surface area contributed by atoms with Gasteiger partial charge in [0.25, 0.3) is 0 Å². The minimum Gasteiger partial charge on any atom is -0.377 e. The first-order valence-electron chi connectivity index (χ1n) is 8.14. The molecule has 2 fully saturated rings. The van der Waals surface area contributed by atoms with Crippen LogP contribution < -0.4 is 9.80 Å². The lowest BCUT2D eigenvalue weighted by atomic mass is 10.2. The normalized spacial score (nSPS) is 26.0. The van der Waals surface area contributed by atoms with E-state index in [1.54, 1.807) is 6.33 Å². The lowest BCUT2D eigenvalue weighted by molar-refractivity contribution is 0.0973. The second-order valence-corrected chi connectivity index (χ2v) is 6.18. The number of morpholine rings is 2. The molecule has 0 bridgehead atoms. The highest BCUT2D eigenvalue weighted by molar-refractivity contribution is 5.84. The third-order valence-electron chi connectivity index (χ3n) is 4.52. The summed E-state index contributed by atoms with van der Waals surface area (Å²) in [7, 11) is 0. The molecule has 8 heteroatoms. The fraction of sp³-hybridized carbons (Fsp3) is 0.667. The van der Waals surface area contributed by atoms with Gasteiger partial charge < -0.3 is 24.3 Å². The number of H-pyrrole nitrogens is 1. The number of rotatable bonds is 2. The first-order valence-corrected chi connectivity index (χ1v) is 8.14. The van der Waals surface area contributed by atoms with E-state index in [4.69, 9.17) is 14.5 Å². The van der Waals surface area contributed by atoms with Gasteiger partial charge >= 0.3 is 0 Å². The van der Waals surface area contributed by atoms with Crippen molar-refractivity contribution in [3.8, 4) is 0 Å². The molecule has 0 aliphatic carbocycles. The summed E-state index contributed by atoms with van der Waals surface area (Å²) in [4.78, 5) is 21.6. The van der Waals surface area contributed by atoms with Gasteiger partial charge in [-0.3, -0.25) is 0 Å². The molecule has 0 aromatic carbocycles. The zero-order valence-corrected chi connectivity index (χ0v) is 13.5. The minimum atomic E-state index is 0.259. The van der Waals surface area contributed by atoms with Crippen LogP contribution in [0.15, 0.2) is 6.33 Å². The molecule has 8 nitrogen and oxygen atoms in total. The molecule has 2 aliphatic rings. The predicted octanol–water partition coefficient (Wildman–Crippen LogP) is 0.803. The smallest absolute Gasteiger partial charge is 0.229 e. The molecule has 1 N–H and O–H groups in total. The van der Waals surface area contributed by atoms with Gasteiger partial charge in [-0.2, -0.15) is 9.97 Å². The first-order chi connectivity index (χ1) is 11.2. The molecular weight excluding hydrogens is 296 g/mol. The van der Waals surface area contributed by atoms with Crippen molar-refractivity contribution in [3.63, 3.8) is 0 Å². The van der Waals surface area contributed by atoms with Crippen molar-refractivity contribution in [2.24, 2.45) is 0 Å². The van der Waals surface area contributed by atoms with Gasteiger partial charge in [-0.05, 0) is 13.8 Å². The average Bonchev–Trinajstić information content (AvgIpc) is 3.03. The summed E-state index contributed by atoms with van der Waals surface area (Å²) in [5.74, 6) is 1.64. The number of hydrogen-bond acceptors (Lipinski definition) is 7. The SMILES string of the molecule is C[C@@H]1COCCN1c1nc(N2CCOC[C@@H]2C)nc2nc[nH]c12. The first kappa shape index (κ1) is 14.6. The molecule has 0 spiro atoms. The van der Waals surface area contributed by atoms with E-state index in [2.05, 4.69) is 38.6 Å². The Kier molecular flexibility index (Phi) is 3.78. The standard InChI is InChI=1S/C15H22N6O2/c1-10-7-22-5-3-20(10)14-12-13(17-9-16-12)18-15(19-14)21-4-6-23-8-11(21)2/h9-11H,3-8H2,1-2H3,(H,16,17,18,19)/t10-,11+/m1/s1. The molecule has 2 aromatic rings. The highest BCUT2D eigenvalue weighted by Crippen LogP contribution is 2.28. The zero-order chi connectivity index (χ0) is 15.8. The van der Waals surface area contributed by atoms with Gasteiger partial charge in [-0.25, -0.2) is 4.98 Å². The van der Waals surface area contributed by atoms with Crippen molar-refractivity contribution in [1.29, 1.82) is 0 Å². The number of imidazole rings is 1. The van der Waals surface area contributed by atoms with Crippen molar-refractivity contribution in [2.75, 3.05) is 49.3 Å². The second-order valence-electron chi connectivity index (χ2n) is 6.18. The third kappa shape index (κ3) is 2.61. The van der Waals surface area contributed by atoms with Crippen LogP contribution in [0, 0.1) is 0 Å². The third-order valence-corrected chi connectivity index (χ3v) is 4.52. The van der Waals surface area contributed by atoms with Crippen LogP contribution in [0.5, 0.6) is 0 Å². The van der Waals surface area contributed by atoms with E-state index in [-0.39, 0.29) is 12.1 Å². The van der Waals surface area contributed by atoms with Crippen LogP contribution in [-0.2, 0) is 9.47 Å². The zero-order valence-electron chi connectivity index (χ0n) is 13.5. The van der Waals surface area contributed by atoms with E-state index in [1.807, 2.05) is 0 Å². The number of nitrogens with one attached hydrogen (secondary N) is 1. The molecule has 0 saturated carbocycles. The highest BCUT2D eigenvalue weighted by Gasteiger charge is 2.27. The van der Waals surface area contributed by atoms with Gasteiger partial charge in [0.2, 0.25) is 5.95 Å². The molecule has 2 aliphatic heterocycles. The summed E-state index contributed by atoms with van der Waals surface area (Å²) in [6, 6.07) is 0.537. The quantitative estimate of drug-likeness (QED) is 0.877. The van der Waals surface area contributed by atoms with Crippen molar-refractivity contribution >= 4 is 22.9 Å². The van der Waals surface area contributed by atoms with Crippen molar-refractivity contribution in [3.05, 3.63) is 6.33 Å². The van der Waals surface area contributed by atoms with Gasteiger partial charge in [-0.15, -0.1) is 0 Å². The summed E-state index contributed by atoms with van der Waals surface area (Å²) >= 11 is 0. The van der Waals surface area contributed by atoms with E-state index in [0.29, 0.717) is 32.1 Å². The van der Waals surface area contributed by atoms with Gasteiger partial charge in [0.05, 0.1) is 44.8 Å². The topological polar surface area (TPSA) is 79.4 Å². The van der Waals surface area contributed by atoms with E-state index in [1.165, 1.54) is 0 Å². The molecule has 4 rings (SSSR count). The Hall–Kier alpha value is -1.93. The highest BCUT2D eigenvalue weighted by atomic mass is 16.5. The minimum absolute atomic E-state index is 0.259. The summed E-state index contributed by atoms with van der Waals surface area (Å²) in [6.45, 7) is 8.74. The maximum Gasteiger partial charge on any atom is 0.229 e. The Morgan fingerprint density at radius 1 is 1.04 bits per heavy atom. The fourth-order valence-corrected chi connectivity index (χ4v) is 3.21. The number of ether oxygens (including phenoxy) is 2. The van der Waals surface area contributed by atoms with E-state index >= 15 is 0 Å². The van der Waals surface area contributed by atoms with Crippen LogP contribution in [0.1, 0.15) is 13.8 Å². The molecule has 2 atom stereocenters. The Balaban J connectivity index is 1.78. The van der Waals surface area contributed by atoms with Gasteiger partial charge in [0.15, 0.2) is 11.5 Å². The second kappa shape index (κ2) is 5.93. The number of nitrogens with zero attached hydrogens (tertiary/aromatic N) is 5. The Labute approximate surface area is 134 Å². The monoisotopic (exact) mass is 318 g/mol. The number of aromatic amines is 1. The van der Waals surface area contributed by atoms with Crippen LogP contribution in [0.4, 0.5) is 11.8 Å². The van der Waals surface area contributed by atoms with Crippen molar-refractivity contribution in [2.45, 2.75) is 25.9 Å². The Morgan fingerprint density at radius 2 is 1.74 bits per heavy atom. The Morgan fingerprint density at radius 3 is 2.43 bits per heavy atom. The van der Waals surface area contributed by atoms with Gasteiger partial charge in [0.1, 0.15) is 5.52 Å². The Bertz CT molecular complexity index is 690.